The van der Waals surface area contributed by atoms with Crippen LogP contribution in [0.4, 0.5) is 0 Å². The highest BCUT2D eigenvalue weighted by molar-refractivity contribution is 8.14. The van der Waals surface area contributed by atoms with E-state index in [4.69, 9.17) is 6.42 Å². The van der Waals surface area contributed by atoms with Crippen LogP contribution in [0.3, 0.4) is 0 Å². The normalized spacial score (nSPS) is 18.4. The smallest absolute Gasteiger partial charge is 0.254 e. The number of nitrogens with zero attached hydrogens (tertiary/aromatic N) is 5. The number of rotatable bonds is 5. The Morgan fingerprint density at radius 1 is 1.48 bits per heavy atom. The third kappa shape index (κ3) is 4.22. The first-order valence-electron chi connectivity index (χ1n) is 9.03. The summed E-state index contributed by atoms with van der Waals surface area (Å²) in [6.45, 7) is 1.96. The molecule has 3 rings (SSSR count). The zero-order valence-corrected chi connectivity index (χ0v) is 16.4. The largest absolute Gasteiger partial charge is 0.368 e. The summed E-state index contributed by atoms with van der Waals surface area (Å²) in [5.41, 5.74) is 2.09. The molecule has 6 nitrogen and oxygen atoms in total. The SMILES string of the molecule is C#CC1=C(CSC(=N/C=C\C)C2CCC2)C(n2nnn(C)c2=O)=CCC=C1. The van der Waals surface area contributed by atoms with E-state index in [-0.39, 0.29) is 5.69 Å². The van der Waals surface area contributed by atoms with E-state index < -0.39 is 0 Å². The van der Waals surface area contributed by atoms with Crippen molar-refractivity contribution in [1.82, 2.24) is 19.8 Å². The third-order valence-corrected chi connectivity index (χ3v) is 5.81. The number of thioether (sulfide) groups is 1. The third-order valence-electron chi connectivity index (χ3n) is 4.64. The van der Waals surface area contributed by atoms with Crippen LogP contribution < -0.4 is 5.69 Å². The lowest BCUT2D eigenvalue weighted by molar-refractivity contribution is 0.418. The maximum absolute atomic E-state index is 12.4. The summed E-state index contributed by atoms with van der Waals surface area (Å²) in [6.07, 6.45) is 19.7. The molecule has 2 aliphatic rings. The predicted octanol–water partition coefficient (Wildman–Crippen LogP) is 3.17. The molecule has 7 heteroatoms. The van der Waals surface area contributed by atoms with E-state index in [1.807, 2.05) is 37.4 Å². The fourth-order valence-electron chi connectivity index (χ4n) is 2.90. The number of hydrogen-bond acceptors (Lipinski definition) is 5. The average Bonchev–Trinajstić information content (AvgIpc) is 2.84. The summed E-state index contributed by atoms with van der Waals surface area (Å²) in [5.74, 6) is 3.91. The van der Waals surface area contributed by atoms with Crippen LogP contribution >= 0.6 is 11.8 Å². The number of hydrogen-bond donors (Lipinski definition) is 0. The van der Waals surface area contributed by atoms with E-state index in [1.165, 1.54) is 28.6 Å². The average molecular weight is 382 g/mol. The van der Waals surface area contributed by atoms with Crippen molar-refractivity contribution in [1.29, 1.82) is 0 Å². The van der Waals surface area contributed by atoms with E-state index in [0.29, 0.717) is 23.8 Å². The lowest BCUT2D eigenvalue weighted by Gasteiger charge is -2.26. The van der Waals surface area contributed by atoms with Crippen LogP contribution in [0.15, 0.2) is 51.4 Å². The molecule has 0 bridgehead atoms. The van der Waals surface area contributed by atoms with Gasteiger partial charge in [-0.05, 0) is 42.7 Å². The van der Waals surface area contributed by atoms with E-state index in [2.05, 4.69) is 21.3 Å². The van der Waals surface area contributed by atoms with Crippen LogP contribution in [-0.4, -0.2) is 30.6 Å². The second-order valence-electron chi connectivity index (χ2n) is 6.43. The van der Waals surface area contributed by atoms with Gasteiger partial charge in [0.15, 0.2) is 0 Å². The molecule has 1 aromatic rings. The van der Waals surface area contributed by atoms with Crippen molar-refractivity contribution >= 4 is 22.5 Å². The molecule has 0 unspecified atom stereocenters. The fourth-order valence-corrected chi connectivity index (χ4v) is 4.11. The van der Waals surface area contributed by atoms with Gasteiger partial charge in [0.05, 0.1) is 10.7 Å². The monoisotopic (exact) mass is 381 g/mol. The van der Waals surface area contributed by atoms with E-state index >= 15 is 0 Å². The molecule has 0 amide bonds. The molecule has 27 heavy (non-hydrogen) atoms. The lowest BCUT2D eigenvalue weighted by Crippen LogP contribution is -2.24. The number of tetrazole rings is 1. The minimum absolute atomic E-state index is 0.288. The van der Waals surface area contributed by atoms with Gasteiger partial charge in [-0.15, -0.1) is 18.2 Å². The van der Waals surface area contributed by atoms with Gasteiger partial charge in [0.25, 0.3) is 0 Å². The summed E-state index contributed by atoms with van der Waals surface area (Å²) in [6, 6.07) is 0. The molecule has 0 N–H and O–H groups in total. The Hall–Kier alpha value is -2.59. The molecule has 0 aromatic carbocycles. The molecule has 0 radical (unpaired) electrons. The Labute approximate surface area is 163 Å². The Kier molecular flexibility index (Phi) is 6.30. The maximum Gasteiger partial charge on any atom is 0.368 e. The van der Waals surface area contributed by atoms with E-state index in [9.17, 15) is 4.79 Å². The van der Waals surface area contributed by atoms with Crippen LogP contribution in [0.5, 0.6) is 0 Å². The molecule has 1 aromatic heterocycles. The quantitative estimate of drug-likeness (QED) is 0.446. The molecule has 1 fully saturated rings. The summed E-state index contributed by atoms with van der Waals surface area (Å²) in [5, 5.41) is 8.97. The summed E-state index contributed by atoms with van der Waals surface area (Å²) in [7, 11) is 1.58. The van der Waals surface area contributed by atoms with Gasteiger partial charge < -0.3 is 0 Å². The van der Waals surface area contributed by atoms with Gasteiger partial charge in [0.1, 0.15) is 0 Å². The first kappa shape index (κ1) is 19.2. The number of aliphatic imine (C=N–C) groups is 1. The van der Waals surface area contributed by atoms with E-state index in [1.54, 1.807) is 18.8 Å². The molecular formula is C20H23N5OS. The van der Waals surface area contributed by atoms with Gasteiger partial charge in [-0.1, -0.05) is 30.6 Å². The molecule has 0 aliphatic heterocycles. The van der Waals surface area contributed by atoms with Crippen molar-refractivity contribution in [2.24, 2.45) is 18.0 Å². The van der Waals surface area contributed by atoms with Gasteiger partial charge in [-0.3, -0.25) is 4.99 Å². The van der Waals surface area contributed by atoms with E-state index in [0.717, 1.165) is 16.2 Å². The molecule has 1 saturated carbocycles. The first-order chi connectivity index (χ1) is 13.2. The first-order valence-corrected chi connectivity index (χ1v) is 10.0. The highest BCUT2D eigenvalue weighted by atomic mass is 32.2. The van der Waals surface area contributed by atoms with Gasteiger partial charge in [-0.25, -0.2) is 4.79 Å². The summed E-state index contributed by atoms with van der Waals surface area (Å²) >= 11 is 1.69. The van der Waals surface area contributed by atoms with Gasteiger partial charge >= 0.3 is 5.69 Å². The van der Waals surface area contributed by atoms with Crippen LogP contribution in [-0.2, 0) is 7.05 Å². The van der Waals surface area contributed by atoms with Gasteiger partial charge in [0, 0.05) is 36.1 Å². The van der Waals surface area contributed by atoms with Crippen molar-refractivity contribution in [2.75, 3.05) is 5.75 Å². The number of aryl methyl sites for hydroxylation is 1. The Balaban J connectivity index is 1.93. The molecule has 140 valence electrons. The molecular weight excluding hydrogens is 358 g/mol. The van der Waals surface area contributed by atoms with Crippen molar-refractivity contribution in [3.63, 3.8) is 0 Å². The Morgan fingerprint density at radius 3 is 2.89 bits per heavy atom. The van der Waals surface area contributed by atoms with Crippen LogP contribution in [0.2, 0.25) is 0 Å². The summed E-state index contributed by atoms with van der Waals surface area (Å²) < 4.78 is 2.54. The van der Waals surface area contributed by atoms with Crippen molar-refractivity contribution in [2.45, 2.75) is 32.6 Å². The molecule has 0 saturated heterocycles. The molecule has 0 spiro atoms. The molecule has 1 heterocycles. The minimum atomic E-state index is -0.288. The maximum atomic E-state index is 12.4. The Morgan fingerprint density at radius 2 is 2.30 bits per heavy atom. The predicted molar refractivity (Wildman–Crippen MR) is 111 cm³/mol. The van der Waals surface area contributed by atoms with Crippen molar-refractivity contribution in [3.05, 3.63) is 52.1 Å². The highest BCUT2D eigenvalue weighted by Crippen LogP contribution is 2.35. The zero-order valence-electron chi connectivity index (χ0n) is 15.6. The molecule has 2 aliphatic carbocycles. The van der Waals surface area contributed by atoms with Crippen LogP contribution in [0.25, 0.3) is 5.70 Å². The second kappa shape index (κ2) is 8.87. The zero-order chi connectivity index (χ0) is 19.2. The van der Waals surface area contributed by atoms with Crippen LogP contribution in [0.1, 0.15) is 32.6 Å². The minimum Gasteiger partial charge on any atom is -0.254 e. The second-order valence-corrected chi connectivity index (χ2v) is 7.42. The topological polar surface area (TPSA) is 65.1 Å². The van der Waals surface area contributed by atoms with Gasteiger partial charge in [0.2, 0.25) is 0 Å². The number of aromatic nitrogens is 4. The van der Waals surface area contributed by atoms with Crippen molar-refractivity contribution < 1.29 is 0 Å². The number of terminal acetylenes is 1. The lowest BCUT2D eigenvalue weighted by atomic mass is 9.86. The number of allylic oxidation sites excluding steroid dienone is 6. The fraction of sp³-hybridized carbons (Fsp3) is 0.400. The highest BCUT2D eigenvalue weighted by Gasteiger charge is 2.25. The standard InChI is InChI=1S/C20H23N5OS/c1-4-13-21-19(16-10-8-11-16)27-14-17-15(5-2)9-6-7-12-18(17)25-20(26)24(3)22-23-25/h2,4,6,9,12-13,16H,7-8,10-11,14H2,1,3H3/b13-4-,21-19?. The van der Waals surface area contributed by atoms with Crippen LogP contribution in [0, 0.1) is 18.3 Å². The molecule has 0 atom stereocenters. The van der Waals surface area contributed by atoms with Gasteiger partial charge in [-0.2, -0.15) is 9.36 Å². The van der Waals surface area contributed by atoms with Crippen molar-refractivity contribution in [3.8, 4) is 12.3 Å². The Bertz CT molecular complexity index is 948. The summed E-state index contributed by atoms with van der Waals surface area (Å²) in [4.78, 5) is 17.0.